The van der Waals surface area contributed by atoms with Gasteiger partial charge in [-0.25, -0.2) is 4.98 Å². The lowest BCUT2D eigenvalue weighted by molar-refractivity contribution is -0.144. The number of pyridine rings is 1. The molecule has 3 unspecified atom stereocenters. The highest BCUT2D eigenvalue weighted by atomic mass is 33.1. The fraction of sp³-hybridized carbons (Fsp3) is 0.516. The number of fused-ring (bicyclic) bond motifs is 1. The van der Waals surface area contributed by atoms with Crippen LogP contribution in [0.25, 0.3) is 0 Å². The number of rotatable bonds is 11. The van der Waals surface area contributed by atoms with Crippen molar-refractivity contribution in [1.82, 2.24) is 25.8 Å². The van der Waals surface area contributed by atoms with Crippen LogP contribution in [0.1, 0.15) is 64.4 Å². The second kappa shape index (κ2) is 15.4. The minimum atomic E-state index is -1.27. The van der Waals surface area contributed by atoms with Crippen molar-refractivity contribution in [2.75, 3.05) is 12.3 Å². The summed E-state index contributed by atoms with van der Waals surface area (Å²) < 4.78 is 0. The van der Waals surface area contributed by atoms with Crippen LogP contribution in [0.5, 0.6) is 0 Å². The number of aromatic nitrogens is 1. The molecule has 3 heterocycles. The van der Waals surface area contributed by atoms with Gasteiger partial charge in [0.05, 0.1) is 0 Å². The number of aryl methyl sites for hydroxylation is 1. The normalized spacial score (nSPS) is 22.8. The molecule has 2 saturated heterocycles. The third-order valence-corrected chi connectivity index (χ3v) is 10.00. The van der Waals surface area contributed by atoms with Crippen LogP contribution < -0.4 is 16.0 Å². The van der Waals surface area contributed by atoms with Crippen LogP contribution in [0, 0.1) is 0 Å². The summed E-state index contributed by atoms with van der Waals surface area (Å²) in [7, 11) is 3.39. The summed E-state index contributed by atoms with van der Waals surface area (Å²) in [5.41, 5.74) is -0.212. The third kappa shape index (κ3) is 8.97. The highest BCUT2D eigenvalue weighted by molar-refractivity contribution is 8.76. The summed E-state index contributed by atoms with van der Waals surface area (Å²) in [6, 6.07) is 13.4. The SMILES string of the molecule is CC1(C)NC(=O)C(CCCCCSSc2ccccn2)NC(=O)C2CCCN2C(=O)C(CCc2ccccc2)NC1=O. The maximum Gasteiger partial charge on any atom is 0.245 e. The Bertz CT molecular complexity index is 1210. The fourth-order valence-electron chi connectivity index (χ4n) is 5.23. The Morgan fingerprint density at radius 2 is 1.69 bits per heavy atom. The molecule has 2 aliphatic rings. The van der Waals surface area contributed by atoms with Gasteiger partial charge in [-0.3, -0.25) is 19.2 Å². The minimum Gasteiger partial charge on any atom is -0.343 e. The molecule has 226 valence electrons. The molecular formula is C31H41N5O4S2. The van der Waals surface area contributed by atoms with Crippen LogP contribution in [-0.4, -0.2) is 69.5 Å². The Kier molecular flexibility index (Phi) is 11.7. The van der Waals surface area contributed by atoms with Crippen molar-refractivity contribution in [2.24, 2.45) is 0 Å². The first kappa shape index (κ1) is 31.9. The molecule has 3 N–H and O–H groups in total. The molecule has 1 aromatic heterocycles. The predicted octanol–water partition coefficient (Wildman–Crippen LogP) is 3.88. The maximum atomic E-state index is 13.7. The van der Waals surface area contributed by atoms with Crippen molar-refractivity contribution in [3.05, 3.63) is 60.3 Å². The summed E-state index contributed by atoms with van der Waals surface area (Å²) in [5, 5.41) is 9.65. The smallest absolute Gasteiger partial charge is 0.245 e. The molecule has 2 aliphatic heterocycles. The maximum absolute atomic E-state index is 13.7. The van der Waals surface area contributed by atoms with E-state index in [0.29, 0.717) is 38.6 Å². The monoisotopic (exact) mass is 611 g/mol. The number of carbonyl (C=O) groups is 4. The average molecular weight is 612 g/mol. The van der Waals surface area contributed by atoms with E-state index in [9.17, 15) is 19.2 Å². The fourth-order valence-corrected chi connectivity index (χ4v) is 7.25. The van der Waals surface area contributed by atoms with Gasteiger partial charge in [-0.2, -0.15) is 0 Å². The molecule has 0 saturated carbocycles. The molecule has 0 radical (unpaired) electrons. The van der Waals surface area contributed by atoms with E-state index in [1.165, 1.54) is 0 Å². The lowest BCUT2D eigenvalue weighted by Crippen LogP contribution is -2.64. The molecule has 2 aromatic rings. The van der Waals surface area contributed by atoms with Gasteiger partial charge >= 0.3 is 0 Å². The zero-order chi connectivity index (χ0) is 30.0. The highest BCUT2D eigenvalue weighted by Gasteiger charge is 2.42. The van der Waals surface area contributed by atoms with Crippen molar-refractivity contribution in [3.63, 3.8) is 0 Å². The summed E-state index contributed by atoms with van der Waals surface area (Å²) in [4.78, 5) is 59.9. The molecule has 0 spiro atoms. The third-order valence-electron chi connectivity index (χ3n) is 7.65. The van der Waals surface area contributed by atoms with Crippen LogP contribution in [0.3, 0.4) is 0 Å². The van der Waals surface area contributed by atoms with Gasteiger partial charge in [0.1, 0.15) is 28.7 Å². The highest BCUT2D eigenvalue weighted by Crippen LogP contribution is 2.30. The Hall–Kier alpha value is -3.05. The number of hydrogen-bond donors (Lipinski definition) is 3. The first-order chi connectivity index (χ1) is 20.2. The summed E-state index contributed by atoms with van der Waals surface area (Å²) >= 11 is 0. The van der Waals surface area contributed by atoms with Gasteiger partial charge < -0.3 is 20.9 Å². The molecule has 0 aliphatic carbocycles. The Balaban J connectivity index is 1.38. The molecule has 4 amide bonds. The number of carbonyl (C=O) groups excluding carboxylic acids is 4. The van der Waals surface area contributed by atoms with Gasteiger partial charge in [0.15, 0.2) is 0 Å². The second-order valence-electron chi connectivity index (χ2n) is 11.3. The van der Waals surface area contributed by atoms with E-state index >= 15 is 0 Å². The van der Waals surface area contributed by atoms with Crippen LogP contribution in [0.4, 0.5) is 0 Å². The first-order valence-corrected chi connectivity index (χ1v) is 17.0. The Morgan fingerprint density at radius 3 is 2.45 bits per heavy atom. The molecule has 1 aromatic carbocycles. The van der Waals surface area contributed by atoms with Crippen LogP contribution in [-0.2, 0) is 25.6 Å². The number of nitrogens with one attached hydrogen (secondary N) is 3. The zero-order valence-corrected chi connectivity index (χ0v) is 26.0. The molecule has 2 fully saturated rings. The summed E-state index contributed by atoms with van der Waals surface area (Å²) in [5.74, 6) is -0.429. The largest absolute Gasteiger partial charge is 0.343 e. The van der Waals surface area contributed by atoms with Crippen molar-refractivity contribution in [3.8, 4) is 0 Å². The Labute approximate surface area is 256 Å². The van der Waals surface area contributed by atoms with Crippen molar-refractivity contribution >= 4 is 45.2 Å². The lowest BCUT2D eigenvalue weighted by Gasteiger charge is -2.34. The van der Waals surface area contributed by atoms with Gasteiger partial charge in [-0.05, 0) is 80.9 Å². The molecule has 42 heavy (non-hydrogen) atoms. The van der Waals surface area contributed by atoms with E-state index in [0.717, 1.165) is 35.6 Å². The average Bonchev–Trinajstić information content (AvgIpc) is 3.48. The van der Waals surface area contributed by atoms with E-state index < -0.39 is 29.6 Å². The summed E-state index contributed by atoms with van der Waals surface area (Å²) in [6.45, 7) is 3.70. The van der Waals surface area contributed by atoms with E-state index in [1.807, 2.05) is 48.5 Å². The van der Waals surface area contributed by atoms with E-state index in [1.54, 1.807) is 46.5 Å². The summed E-state index contributed by atoms with van der Waals surface area (Å²) in [6.07, 6.45) is 7.06. The molecule has 0 bridgehead atoms. The standard InChI is InChI=1S/C31H41N5O4S2/c1-31(2)30(40)34-24(18-17-22-12-5-3-6-13-22)29(39)36-20-11-15-25(36)28(38)33-23(27(37)35-31)14-7-4-10-21-41-42-26-16-8-9-19-32-26/h3,5-6,8-9,12-13,16,19,23-25H,4,7,10-11,14-15,17-18,20-21H2,1-2H3,(H,33,38)(H,34,40)(H,35,37). The van der Waals surface area contributed by atoms with Crippen LogP contribution >= 0.6 is 21.6 Å². The number of amides is 4. The zero-order valence-electron chi connectivity index (χ0n) is 24.3. The van der Waals surface area contributed by atoms with Gasteiger partial charge in [0.25, 0.3) is 0 Å². The van der Waals surface area contributed by atoms with Crippen molar-refractivity contribution in [2.45, 2.75) is 93.9 Å². The Morgan fingerprint density at radius 1 is 0.905 bits per heavy atom. The van der Waals surface area contributed by atoms with E-state index in [2.05, 4.69) is 20.9 Å². The topological polar surface area (TPSA) is 120 Å². The number of benzene rings is 1. The number of nitrogens with zero attached hydrogens (tertiary/aromatic N) is 2. The van der Waals surface area contributed by atoms with Crippen molar-refractivity contribution in [1.29, 1.82) is 0 Å². The number of unbranched alkanes of at least 4 members (excludes halogenated alkanes) is 2. The second-order valence-corrected chi connectivity index (χ2v) is 13.8. The van der Waals surface area contributed by atoms with Crippen LogP contribution in [0.15, 0.2) is 59.8 Å². The number of hydrogen-bond acceptors (Lipinski definition) is 7. The molecule has 3 atom stereocenters. The molecule has 4 rings (SSSR count). The van der Waals surface area contributed by atoms with Crippen molar-refractivity contribution < 1.29 is 19.2 Å². The van der Waals surface area contributed by atoms with Gasteiger partial charge in [-0.15, -0.1) is 0 Å². The van der Waals surface area contributed by atoms with E-state index in [-0.39, 0.29) is 17.7 Å². The van der Waals surface area contributed by atoms with Gasteiger partial charge in [-0.1, -0.05) is 60.0 Å². The van der Waals surface area contributed by atoms with Gasteiger partial charge in [0, 0.05) is 18.5 Å². The molecule has 9 nitrogen and oxygen atoms in total. The van der Waals surface area contributed by atoms with E-state index in [4.69, 9.17) is 0 Å². The minimum absolute atomic E-state index is 0.253. The lowest BCUT2D eigenvalue weighted by atomic mass is 9.98. The van der Waals surface area contributed by atoms with Gasteiger partial charge in [0.2, 0.25) is 23.6 Å². The predicted molar refractivity (Wildman–Crippen MR) is 167 cm³/mol. The quantitative estimate of drug-likeness (QED) is 0.261. The first-order valence-electron chi connectivity index (χ1n) is 14.7. The molecule has 11 heteroatoms. The molecular weight excluding hydrogens is 571 g/mol. The van der Waals surface area contributed by atoms with Crippen LogP contribution in [0.2, 0.25) is 0 Å².